The van der Waals surface area contributed by atoms with Crippen molar-refractivity contribution in [1.29, 1.82) is 0 Å². The summed E-state index contributed by atoms with van der Waals surface area (Å²) in [6, 6.07) is -0.250. The predicted molar refractivity (Wildman–Crippen MR) is 75.0 cm³/mol. The summed E-state index contributed by atoms with van der Waals surface area (Å²) in [5, 5.41) is 11.4. The van der Waals surface area contributed by atoms with E-state index >= 15 is 0 Å². The molecule has 0 saturated heterocycles. The number of hydrogen-bond acceptors (Lipinski definition) is 5. The number of amidine groups is 1. The van der Waals surface area contributed by atoms with E-state index in [-0.39, 0.29) is 29.9 Å². The summed E-state index contributed by atoms with van der Waals surface area (Å²) in [6.45, 7) is 5.55. The van der Waals surface area contributed by atoms with Crippen LogP contribution in [0.5, 0.6) is 0 Å². The Balaban J connectivity index is 3.00. The van der Waals surface area contributed by atoms with Crippen molar-refractivity contribution in [2.24, 2.45) is 10.9 Å². The lowest BCUT2D eigenvalue weighted by molar-refractivity contribution is 0.313. The van der Waals surface area contributed by atoms with Crippen LogP contribution in [0.15, 0.2) is 16.4 Å². The number of aromatic amines is 1. The molecule has 114 valence electrons. The molecule has 0 fully saturated rings. The van der Waals surface area contributed by atoms with Gasteiger partial charge >= 0.3 is 0 Å². The molecule has 0 saturated carbocycles. The van der Waals surface area contributed by atoms with E-state index in [1.54, 1.807) is 13.8 Å². The van der Waals surface area contributed by atoms with E-state index in [1.165, 1.54) is 10.5 Å². The van der Waals surface area contributed by atoms with Crippen LogP contribution in [0, 0.1) is 0 Å². The number of rotatable bonds is 7. The molecule has 0 spiro atoms. The smallest absolute Gasteiger partial charge is 0.260 e. The van der Waals surface area contributed by atoms with Gasteiger partial charge in [0.05, 0.1) is 6.20 Å². The Morgan fingerprint density at radius 3 is 2.70 bits per heavy atom. The fraction of sp³-hybridized carbons (Fsp3) is 0.636. The van der Waals surface area contributed by atoms with E-state index in [2.05, 4.69) is 15.1 Å². The molecule has 9 heteroatoms. The zero-order valence-electron chi connectivity index (χ0n) is 11.9. The van der Waals surface area contributed by atoms with E-state index in [1.807, 2.05) is 6.92 Å². The number of oxime groups is 1. The van der Waals surface area contributed by atoms with E-state index in [0.717, 1.165) is 0 Å². The minimum Gasteiger partial charge on any atom is -0.409 e. The molecule has 0 aliphatic heterocycles. The van der Waals surface area contributed by atoms with E-state index in [0.29, 0.717) is 12.2 Å². The van der Waals surface area contributed by atoms with Crippen LogP contribution in [-0.2, 0) is 16.4 Å². The number of sulfonamides is 1. The third kappa shape index (κ3) is 3.70. The van der Waals surface area contributed by atoms with E-state index in [9.17, 15) is 8.42 Å². The lowest BCUT2D eigenvalue weighted by atomic mass is 10.3. The Morgan fingerprint density at radius 1 is 1.60 bits per heavy atom. The Bertz CT molecular complexity index is 564. The number of nitrogens with one attached hydrogen (secondary N) is 1. The predicted octanol–water partition coefficient (Wildman–Crippen LogP) is 0.508. The number of imidazole rings is 1. The number of hydrogen-bond donors (Lipinski definition) is 3. The molecule has 0 unspecified atom stereocenters. The first-order valence-electron chi connectivity index (χ1n) is 6.35. The first-order valence-corrected chi connectivity index (χ1v) is 7.79. The molecule has 1 aromatic rings. The van der Waals surface area contributed by atoms with Gasteiger partial charge in [0.1, 0.15) is 11.7 Å². The number of aryl methyl sites for hydroxylation is 1. The van der Waals surface area contributed by atoms with Gasteiger partial charge in [0.25, 0.3) is 10.0 Å². The quantitative estimate of drug-likeness (QED) is 0.293. The minimum atomic E-state index is -3.67. The van der Waals surface area contributed by atoms with Crippen molar-refractivity contribution in [2.45, 2.75) is 44.7 Å². The van der Waals surface area contributed by atoms with Gasteiger partial charge in [-0.25, -0.2) is 13.4 Å². The number of nitrogens with zero attached hydrogens (tertiary/aromatic N) is 3. The van der Waals surface area contributed by atoms with Crippen molar-refractivity contribution >= 4 is 15.9 Å². The van der Waals surface area contributed by atoms with Gasteiger partial charge < -0.3 is 15.9 Å². The fourth-order valence-corrected chi connectivity index (χ4v) is 3.28. The number of aromatic nitrogens is 2. The molecule has 0 radical (unpaired) electrons. The van der Waals surface area contributed by atoms with Crippen molar-refractivity contribution in [3.8, 4) is 0 Å². The Labute approximate surface area is 118 Å². The largest absolute Gasteiger partial charge is 0.409 e. The van der Waals surface area contributed by atoms with Crippen molar-refractivity contribution in [2.75, 3.05) is 6.54 Å². The molecular weight excluding hydrogens is 282 g/mol. The molecule has 0 aliphatic carbocycles. The second-order valence-corrected chi connectivity index (χ2v) is 6.46. The van der Waals surface area contributed by atoms with Crippen LogP contribution >= 0.6 is 0 Å². The lowest BCUT2D eigenvalue weighted by Gasteiger charge is -2.24. The highest BCUT2D eigenvalue weighted by Gasteiger charge is 2.28. The molecule has 1 rings (SSSR count). The standard InChI is InChI=1S/C11H21N5O3S/c1-4-10-13-7-11(14-10)20(18,19)16(8(2)3)6-5-9(12)15-17/h7-8,17H,4-6H2,1-3H3,(H2,12,15)(H,13,14). The minimum absolute atomic E-state index is 0.00953. The van der Waals surface area contributed by atoms with Gasteiger partial charge in [-0.3, -0.25) is 0 Å². The van der Waals surface area contributed by atoms with E-state index < -0.39 is 10.0 Å². The SMILES string of the molecule is CCc1ncc(S(=O)(=O)N(CCC(N)=NO)C(C)C)[nH]1. The Morgan fingerprint density at radius 2 is 2.25 bits per heavy atom. The van der Waals surface area contributed by atoms with Crippen LogP contribution in [0.4, 0.5) is 0 Å². The molecular formula is C11H21N5O3S. The van der Waals surface area contributed by atoms with Crippen LogP contribution in [-0.4, -0.2) is 46.3 Å². The number of nitrogens with two attached hydrogens (primary N) is 1. The zero-order valence-corrected chi connectivity index (χ0v) is 12.7. The van der Waals surface area contributed by atoms with Crippen molar-refractivity contribution in [1.82, 2.24) is 14.3 Å². The van der Waals surface area contributed by atoms with Gasteiger partial charge in [-0.05, 0) is 13.8 Å². The van der Waals surface area contributed by atoms with Crippen LogP contribution in [0.3, 0.4) is 0 Å². The van der Waals surface area contributed by atoms with Crippen LogP contribution < -0.4 is 5.73 Å². The first kappa shape index (κ1) is 16.4. The third-order valence-corrected chi connectivity index (χ3v) is 4.80. The lowest BCUT2D eigenvalue weighted by Crippen LogP contribution is -2.39. The summed E-state index contributed by atoms with van der Waals surface area (Å²) >= 11 is 0. The topological polar surface area (TPSA) is 125 Å². The Kier molecular flexibility index (Phi) is 5.52. The molecule has 0 bridgehead atoms. The molecule has 0 aromatic carbocycles. The maximum Gasteiger partial charge on any atom is 0.260 e. The fourth-order valence-electron chi connectivity index (χ4n) is 1.71. The molecule has 20 heavy (non-hydrogen) atoms. The summed E-state index contributed by atoms with van der Waals surface area (Å²) < 4.78 is 26.3. The average Bonchev–Trinajstić information content (AvgIpc) is 2.87. The van der Waals surface area contributed by atoms with Crippen molar-refractivity contribution in [3.05, 3.63) is 12.0 Å². The van der Waals surface area contributed by atoms with Gasteiger partial charge in [0.15, 0.2) is 5.03 Å². The maximum atomic E-state index is 12.5. The summed E-state index contributed by atoms with van der Waals surface area (Å²) in [7, 11) is -3.67. The summed E-state index contributed by atoms with van der Waals surface area (Å²) in [5.74, 6) is 0.605. The maximum absolute atomic E-state index is 12.5. The molecule has 1 heterocycles. The first-order chi connectivity index (χ1) is 9.32. The monoisotopic (exact) mass is 303 g/mol. The third-order valence-electron chi connectivity index (χ3n) is 2.82. The van der Waals surface area contributed by atoms with Crippen LogP contribution in [0.1, 0.15) is 33.0 Å². The second kappa shape index (κ2) is 6.71. The van der Waals surface area contributed by atoms with Gasteiger partial charge in [0.2, 0.25) is 0 Å². The highest BCUT2D eigenvalue weighted by molar-refractivity contribution is 7.89. The van der Waals surface area contributed by atoms with Gasteiger partial charge in [0, 0.05) is 25.4 Å². The van der Waals surface area contributed by atoms with Crippen LogP contribution in [0.25, 0.3) is 0 Å². The zero-order chi connectivity index (χ0) is 15.3. The molecule has 4 N–H and O–H groups in total. The van der Waals surface area contributed by atoms with Crippen molar-refractivity contribution in [3.63, 3.8) is 0 Å². The van der Waals surface area contributed by atoms with Gasteiger partial charge in [-0.15, -0.1) is 0 Å². The van der Waals surface area contributed by atoms with Gasteiger partial charge in [-0.1, -0.05) is 12.1 Å². The van der Waals surface area contributed by atoms with Crippen LogP contribution in [0.2, 0.25) is 0 Å². The molecule has 0 amide bonds. The molecule has 0 atom stereocenters. The summed E-state index contributed by atoms with van der Waals surface area (Å²) in [6.07, 6.45) is 2.09. The number of H-pyrrole nitrogens is 1. The molecule has 8 nitrogen and oxygen atoms in total. The Hall–Kier alpha value is -1.61. The highest BCUT2D eigenvalue weighted by atomic mass is 32.2. The molecule has 1 aromatic heterocycles. The molecule has 0 aliphatic rings. The second-order valence-electron chi connectivity index (χ2n) is 4.60. The van der Waals surface area contributed by atoms with Gasteiger partial charge in [-0.2, -0.15) is 4.31 Å². The normalized spacial score (nSPS) is 13.3. The average molecular weight is 303 g/mol. The van der Waals surface area contributed by atoms with Crippen molar-refractivity contribution < 1.29 is 13.6 Å². The summed E-state index contributed by atoms with van der Waals surface area (Å²) in [5.41, 5.74) is 5.39. The summed E-state index contributed by atoms with van der Waals surface area (Å²) in [4.78, 5) is 6.79. The van der Waals surface area contributed by atoms with E-state index in [4.69, 9.17) is 10.9 Å². The highest BCUT2D eigenvalue weighted by Crippen LogP contribution is 2.17.